The first-order chi connectivity index (χ1) is 14.2. The molecule has 150 valence electrons. The molecule has 1 aromatic carbocycles. The lowest BCUT2D eigenvalue weighted by Gasteiger charge is -2.25. The number of carbonyl (C=O) groups is 2. The van der Waals surface area contributed by atoms with Gasteiger partial charge in [0.15, 0.2) is 11.5 Å². The lowest BCUT2D eigenvalue weighted by atomic mass is 9.85. The lowest BCUT2D eigenvalue weighted by Crippen LogP contribution is -2.41. The number of hydrogen-bond donors (Lipinski definition) is 1. The first kappa shape index (κ1) is 18.2. The summed E-state index contributed by atoms with van der Waals surface area (Å²) in [5, 5.41) is 10.9. The molecule has 8 heteroatoms. The van der Waals surface area contributed by atoms with Crippen LogP contribution in [0.4, 0.5) is 0 Å². The van der Waals surface area contributed by atoms with Crippen LogP contribution in [0.25, 0.3) is 0 Å². The van der Waals surface area contributed by atoms with E-state index in [-0.39, 0.29) is 37.1 Å². The van der Waals surface area contributed by atoms with E-state index in [1.54, 1.807) is 11.3 Å². The van der Waals surface area contributed by atoms with E-state index >= 15 is 0 Å². The Bertz CT molecular complexity index is 968. The van der Waals surface area contributed by atoms with Gasteiger partial charge in [-0.05, 0) is 42.0 Å². The summed E-state index contributed by atoms with van der Waals surface area (Å²) in [5.41, 5.74) is 1.81. The van der Waals surface area contributed by atoms with Crippen LogP contribution < -0.4 is 14.8 Å². The molecule has 2 amide bonds. The fraction of sp³-hybridized carbons (Fsp3) is 0.381. The molecule has 1 aromatic heterocycles. The first-order valence-corrected chi connectivity index (χ1v) is 10.7. The normalized spacial score (nSPS) is 20.3. The van der Waals surface area contributed by atoms with Crippen LogP contribution in [0.3, 0.4) is 0 Å². The number of nitrogens with one attached hydrogen (secondary N) is 1. The molecule has 0 saturated heterocycles. The van der Waals surface area contributed by atoms with Crippen molar-refractivity contribution in [1.82, 2.24) is 10.3 Å². The maximum atomic E-state index is 13.0. The van der Waals surface area contributed by atoms with E-state index < -0.39 is 0 Å². The van der Waals surface area contributed by atoms with Crippen LogP contribution >= 0.6 is 11.3 Å². The average molecular weight is 411 g/mol. The third kappa shape index (κ3) is 3.48. The molecule has 5 rings (SSSR count). The molecule has 0 bridgehead atoms. The van der Waals surface area contributed by atoms with E-state index in [1.807, 2.05) is 35.7 Å². The van der Waals surface area contributed by atoms with Gasteiger partial charge in [0, 0.05) is 12.3 Å². The highest BCUT2D eigenvalue weighted by atomic mass is 32.1. The summed E-state index contributed by atoms with van der Waals surface area (Å²) in [6.07, 6.45) is 3.51. The second-order valence-electron chi connectivity index (χ2n) is 7.44. The van der Waals surface area contributed by atoms with Gasteiger partial charge in [-0.15, -0.1) is 11.3 Å². The third-order valence-corrected chi connectivity index (χ3v) is 6.56. The number of hydrazone groups is 1. The fourth-order valence-corrected chi connectivity index (χ4v) is 4.49. The Balaban J connectivity index is 1.37. The molecule has 1 unspecified atom stereocenters. The summed E-state index contributed by atoms with van der Waals surface area (Å²) < 4.78 is 10.9. The van der Waals surface area contributed by atoms with Crippen LogP contribution in [-0.4, -0.2) is 35.9 Å². The second kappa shape index (κ2) is 7.51. The van der Waals surface area contributed by atoms with Crippen LogP contribution in [0.1, 0.15) is 42.2 Å². The third-order valence-electron chi connectivity index (χ3n) is 5.64. The van der Waals surface area contributed by atoms with Crippen molar-refractivity contribution in [3.63, 3.8) is 0 Å². The maximum absolute atomic E-state index is 13.0. The Hall–Kier alpha value is -2.87. The molecule has 3 aliphatic rings. The summed E-state index contributed by atoms with van der Waals surface area (Å²) in [7, 11) is 0. The minimum absolute atomic E-state index is 0.0362. The molecule has 3 heterocycles. The molecule has 1 N–H and O–H groups in total. The number of fused-ring (bicyclic) bond motifs is 1. The van der Waals surface area contributed by atoms with Crippen LogP contribution in [-0.2, 0) is 9.59 Å². The first-order valence-electron chi connectivity index (χ1n) is 9.80. The highest BCUT2D eigenvalue weighted by Gasteiger charge is 2.35. The topological polar surface area (TPSA) is 80.2 Å². The van der Waals surface area contributed by atoms with Crippen molar-refractivity contribution in [1.29, 1.82) is 0 Å². The van der Waals surface area contributed by atoms with Crippen molar-refractivity contribution in [3.05, 3.63) is 46.2 Å². The van der Waals surface area contributed by atoms with Crippen molar-refractivity contribution in [3.8, 4) is 11.5 Å². The minimum atomic E-state index is -0.241. The summed E-state index contributed by atoms with van der Waals surface area (Å²) in [6.45, 7) is 0.161. The smallest absolute Gasteiger partial charge is 0.262 e. The van der Waals surface area contributed by atoms with E-state index in [1.165, 1.54) is 5.01 Å². The van der Waals surface area contributed by atoms with Crippen molar-refractivity contribution in [2.45, 2.75) is 31.7 Å². The molecule has 0 spiro atoms. The van der Waals surface area contributed by atoms with Crippen molar-refractivity contribution >= 4 is 28.9 Å². The van der Waals surface area contributed by atoms with Crippen LogP contribution in [0.2, 0.25) is 0 Å². The van der Waals surface area contributed by atoms with Crippen molar-refractivity contribution in [2.75, 3.05) is 13.3 Å². The van der Waals surface area contributed by atoms with Gasteiger partial charge in [0.25, 0.3) is 5.91 Å². The number of rotatable bonds is 5. The Morgan fingerprint density at radius 3 is 2.83 bits per heavy atom. The van der Waals surface area contributed by atoms with Crippen LogP contribution in [0, 0.1) is 5.92 Å². The zero-order valence-electron chi connectivity index (χ0n) is 15.8. The molecular weight excluding hydrogens is 390 g/mol. The zero-order chi connectivity index (χ0) is 19.8. The number of nitrogens with zero attached hydrogens (tertiary/aromatic N) is 2. The van der Waals surface area contributed by atoms with E-state index in [4.69, 9.17) is 9.47 Å². The average Bonchev–Trinajstić information content (AvgIpc) is 3.43. The second-order valence-corrected chi connectivity index (χ2v) is 8.39. The summed E-state index contributed by atoms with van der Waals surface area (Å²) in [4.78, 5) is 26.1. The van der Waals surface area contributed by atoms with Crippen molar-refractivity contribution < 1.29 is 19.1 Å². The predicted octanol–water partition coefficient (Wildman–Crippen LogP) is 3.07. The summed E-state index contributed by atoms with van der Waals surface area (Å²) in [6, 6.07) is 9.45. The Morgan fingerprint density at radius 1 is 1.21 bits per heavy atom. The number of ether oxygens (including phenoxy) is 2. The highest BCUT2D eigenvalue weighted by molar-refractivity contribution is 7.12. The summed E-state index contributed by atoms with van der Waals surface area (Å²) >= 11 is 1.60. The minimum Gasteiger partial charge on any atom is -0.454 e. The van der Waals surface area contributed by atoms with Gasteiger partial charge in [0.2, 0.25) is 12.7 Å². The van der Waals surface area contributed by atoms with E-state index in [0.717, 1.165) is 35.4 Å². The largest absolute Gasteiger partial charge is 0.454 e. The van der Waals surface area contributed by atoms with Crippen LogP contribution in [0.5, 0.6) is 11.5 Å². The van der Waals surface area contributed by atoms with Gasteiger partial charge in [-0.1, -0.05) is 18.6 Å². The number of carbonyl (C=O) groups excluding carboxylic acids is 2. The Labute approximate surface area is 172 Å². The molecule has 0 radical (unpaired) electrons. The van der Waals surface area contributed by atoms with Gasteiger partial charge in [0.1, 0.15) is 0 Å². The number of hydrogen-bond acceptors (Lipinski definition) is 6. The van der Waals surface area contributed by atoms with Gasteiger partial charge in [-0.2, -0.15) is 5.10 Å². The Morgan fingerprint density at radius 2 is 2.07 bits per heavy atom. The number of amides is 2. The van der Waals surface area contributed by atoms with Gasteiger partial charge >= 0.3 is 0 Å². The summed E-state index contributed by atoms with van der Waals surface area (Å²) in [5.74, 6) is 1.18. The number of thiophene rings is 1. The molecule has 1 aliphatic carbocycles. The zero-order valence-corrected chi connectivity index (χ0v) is 16.6. The van der Waals surface area contributed by atoms with Crippen molar-refractivity contribution in [2.24, 2.45) is 11.0 Å². The molecule has 29 heavy (non-hydrogen) atoms. The van der Waals surface area contributed by atoms with Gasteiger partial charge in [-0.25, -0.2) is 5.01 Å². The Kier molecular flexibility index (Phi) is 4.71. The van der Waals surface area contributed by atoms with E-state index in [0.29, 0.717) is 17.9 Å². The SMILES string of the molecule is O=C(NCC(=O)N1N=C(c2cccs2)CC1c1ccc2c(c1)OCO2)C1CCC1. The van der Waals surface area contributed by atoms with Gasteiger partial charge in [-0.3, -0.25) is 9.59 Å². The monoisotopic (exact) mass is 411 g/mol. The lowest BCUT2D eigenvalue weighted by molar-refractivity contribution is -0.136. The molecule has 1 fully saturated rings. The molecule has 2 aliphatic heterocycles. The van der Waals surface area contributed by atoms with Gasteiger partial charge < -0.3 is 14.8 Å². The predicted molar refractivity (Wildman–Crippen MR) is 108 cm³/mol. The molecule has 7 nitrogen and oxygen atoms in total. The quantitative estimate of drug-likeness (QED) is 0.820. The molecule has 1 saturated carbocycles. The van der Waals surface area contributed by atoms with E-state index in [9.17, 15) is 9.59 Å². The molecular formula is C21H21N3O4S. The molecule has 2 aromatic rings. The molecule has 1 atom stereocenters. The maximum Gasteiger partial charge on any atom is 0.262 e. The standard InChI is InChI=1S/C21H21N3O4S/c25-20(11-22-21(26)13-3-1-4-13)24-16(10-15(23-24)19-5-2-8-29-19)14-6-7-17-18(9-14)28-12-27-17/h2,5-9,13,16H,1,3-4,10-12H2,(H,22,26). The highest BCUT2D eigenvalue weighted by Crippen LogP contribution is 2.39. The fourth-order valence-electron chi connectivity index (χ4n) is 3.77. The number of benzene rings is 1. The van der Waals surface area contributed by atoms with Gasteiger partial charge in [0.05, 0.1) is 23.2 Å². The van der Waals surface area contributed by atoms with E-state index in [2.05, 4.69) is 10.4 Å². The van der Waals surface area contributed by atoms with Crippen LogP contribution in [0.15, 0.2) is 40.8 Å².